The van der Waals surface area contributed by atoms with E-state index >= 15 is 0 Å². The minimum absolute atomic E-state index is 0.0773. The van der Waals surface area contributed by atoms with Gasteiger partial charge in [0.2, 0.25) is 5.91 Å². The zero-order valence-corrected chi connectivity index (χ0v) is 10.7. The number of aromatic nitrogens is 2. The smallest absolute Gasteiger partial charge is 0.226 e. The molecular weight excluding hydrogens is 216 g/mol. The Morgan fingerprint density at radius 2 is 2.24 bits per heavy atom. The van der Waals surface area contributed by atoms with Gasteiger partial charge in [0.05, 0.1) is 5.69 Å². The van der Waals surface area contributed by atoms with Gasteiger partial charge in [0.15, 0.2) is 0 Å². The maximum absolute atomic E-state index is 11.8. The molecule has 1 aromatic heterocycles. The zero-order chi connectivity index (χ0) is 12.4. The monoisotopic (exact) mass is 236 g/mol. The van der Waals surface area contributed by atoms with E-state index in [0.29, 0.717) is 6.42 Å². The van der Waals surface area contributed by atoms with E-state index in [4.69, 9.17) is 0 Å². The molecule has 0 saturated carbocycles. The SMILES string of the molecule is CCCc1nn(C)c2c1NC(=O)CC(CC)N2. The third-order valence-corrected chi connectivity index (χ3v) is 3.14. The lowest BCUT2D eigenvalue weighted by atomic mass is 10.1. The number of amides is 1. The van der Waals surface area contributed by atoms with Crippen LogP contribution in [0.3, 0.4) is 0 Å². The fourth-order valence-corrected chi connectivity index (χ4v) is 2.19. The first kappa shape index (κ1) is 12.0. The van der Waals surface area contributed by atoms with E-state index in [1.807, 2.05) is 11.7 Å². The molecule has 0 bridgehead atoms. The van der Waals surface area contributed by atoms with Crippen LogP contribution in [-0.2, 0) is 18.3 Å². The summed E-state index contributed by atoms with van der Waals surface area (Å²) in [4.78, 5) is 11.8. The quantitative estimate of drug-likeness (QED) is 0.842. The van der Waals surface area contributed by atoms with Crippen LogP contribution in [0.5, 0.6) is 0 Å². The second-order valence-corrected chi connectivity index (χ2v) is 4.55. The van der Waals surface area contributed by atoms with Crippen molar-refractivity contribution in [3.05, 3.63) is 5.69 Å². The molecule has 0 aromatic carbocycles. The Labute approximate surface area is 102 Å². The molecule has 5 nitrogen and oxygen atoms in total. The highest BCUT2D eigenvalue weighted by atomic mass is 16.1. The lowest BCUT2D eigenvalue weighted by molar-refractivity contribution is -0.116. The van der Waals surface area contributed by atoms with Crippen molar-refractivity contribution in [3.8, 4) is 0 Å². The fourth-order valence-electron chi connectivity index (χ4n) is 2.19. The van der Waals surface area contributed by atoms with Crippen LogP contribution in [0.25, 0.3) is 0 Å². The first-order valence-corrected chi connectivity index (χ1v) is 6.28. The number of hydrogen-bond donors (Lipinski definition) is 2. The van der Waals surface area contributed by atoms with Crippen LogP contribution in [-0.4, -0.2) is 21.7 Å². The van der Waals surface area contributed by atoms with Gasteiger partial charge in [-0.05, 0) is 12.8 Å². The van der Waals surface area contributed by atoms with E-state index in [2.05, 4.69) is 29.6 Å². The number of rotatable bonds is 3. The minimum Gasteiger partial charge on any atom is -0.365 e. The van der Waals surface area contributed by atoms with Gasteiger partial charge in [-0.25, -0.2) is 0 Å². The third kappa shape index (κ3) is 2.28. The number of aryl methyl sites for hydroxylation is 2. The normalized spacial score (nSPS) is 19.2. The van der Waals surface area contributed by atoms with Crippen molar-refractivity contribution in [2.24, 2.45) is 7.05 Å². The van der Waals surface area contributed by atoms with Crippen LogP contribution in [0.1, 0.15) is 38.8 Å². The van der Waals surface area contributed by atoms with Crippen molar-refractivity contribution < 1.29 is 4.79 Å². The van der Waals surface area contributed by atoms with Gasteiger partial charge in [-0.1, -0.05) is 20.3 Å². The maximum Gasteiger partial charge on any atom is 0.226 e. The highest BCUT2D eigenvalue weighted by Crippen LogP contribution is 2.30. The van der Waals surface area contributed by atoms with Crippen LogP contribution in [0.2, 0.25) is 0 Å². The number of nitrogens with one attached hydrogen (secondary N) is 2. The lowest BCUT2D eigenvalue weighted by Crippen LogP contribution is -2.23. The van der Waals surface area contributed by atoms with E-state index in [0.717, 1.165) is 36.5 Å². The van der Waals surface area contributed by atoms with Crippen LogP contribution >= 0.6 is 0 Å². The summed E-state index contributed by atoms with van der Waals surface area (Å²) in [5.74, 6) is 1.01. The molecule has 94 valence electrons. The molecule has 1 atom stereocenters. The van der Waals surface area contributed by atoms with Gasteiger partial charge in [-0.3, -0.25) is 9.48 Å². The molecule has 1 aromatic rings. The van der Waals surface area contributed by atoms with Crippen LogP contribution in [0, 0.1) is 0 Å². The summed E-state index contributed by atoms with van der Waals surface area (Å²) in [6.07, 6.45) is 3.37. The van der Waals surface area contributed by atoms with Crippen molar-refractivity contribution in [1.82, 2.24) is 9.78 Å². The summed E-state index contributed by atoms with van der Waals surface area (Å²) in [5, 5.41) is 10.8. The van der Waals surface area contributed by atoms with Gasteiger partial charge in [0, 0.05) is 19.5 Å². The Hall–Kier alpha value is -1.52. The number of anilines is 2. The van der Waals surface area contributed by atoms with Gasteiger partial charge in [0.1, 0.15) is 11.5 Å². The van der Waals surface area contributed by atoms with Crippen molar-refractivity contribution in [1.29, 1.82) is 0 Å². The van der Waals surface area contributed by atoms with E-state index in [1.165, 1.54) is 0 Å². The van der Waals surface area contributed by atoms with Gasteiger partial charge in [-0.2, -0.15) is 5.10 Å². The Kier molecular flexibility index (Phi) is 3.36. The first-order valence-electron chi connectivity index (χ1n) is 6.28. The molecule has 2 heterocycles. The predicted octanol–water partition coefficient (Wildman–Crippen LogP) is 1.91. The molecule has 1 aliphatic heterocycles. The first-order chi connectivity index (χ1) is 8.15. The summed E-state index contributed by atoms with van der Waals surface area (Å²) in [7, 11) is 1.91. The lowest BCUT2D eigenvalue weighted by Gasteiger charge is -2.13. The predicted molar refractivity (Wildman–Crippen MR) is 68.2 cm³/mol. The van der Waals surface area contributed by atoms with Gasteiger partial charge < -0.3 is 10.6 Å². The number of hydrogen-bond acceptors (Lipinski definition) is 3. The number of nitrogens with zero attached hydrogens (tertiary/aromatic N) is 2. The Balaban J connectivity index is 2.38. The topological polar surface area (TPSA) is 59.0 Å². The standard InChI is InChI=1S/C12H20N4O/c1-4-6-9-11-12(16(3)15-9)13-8(5-2)7-10(17)14-11/h8,13H,4-7H2,1-3H3,(H,14,17). The van der Waals surface area contributed by atoms with Crippen molar-refractivity contribution in [2.45, 2.75) is 45.6 Å². The van der Waals surface area contributed by atoms with Crippen LogP contribution < -0.4 is 10.6 Å². The van der Waals surface area contributed by atoms with Crippen molar-refractivity contribution in [3.63, 3.8) is 0 Å². The molecule has 1 unspecified atom stereocenters. The van der Waals surface area contributed by atoms with E-state index in [1.54, 1.807) is 0 Å². The molecule has 1 amide bonds. The molecule has 2 rings (SSSR count). The Bertz CT molecular complexity index is 424. The molecular formula is C12H20N4O. The average molecular weight is 236 g/mol. The van der Waals surface area contributed by atoms with Gasteiger partial charge >= 0.3 is 0 Å². The van der Waals surface area contributed by atoms with Crippen molar-refractivity contribution in [2.75, 3.05) is 10.6 Å². The molecule has 0 aliphatic carbocycles. The molecule has 0 radical (unpaired) electrons. The van der Waals surface area contributed by atoms with E-state index in [9.17, 15) is 4.79 Å². The van der Waals surface area contributed by atoms with E-state index < -0.39 is 0 Å². The molecule has 2 N–H and O–H groups in total. The Morgan fingerprint density at radius 1 is 1.47 bits per heavy atom. The molecule has 0 fully saturated rings. The van der Waals surface area contributed by atoms with Crippen LogP contribution in [0.15, 0.2) is 0 Å². The summed E-state index contributed by atoms with van der Waals surface area (Å²) in [6, 6.07) is 0.195. The highest BCUT2D eigenvalue weighted by molar-refractivity contribution is 5.96. The van der Waals surface area contributed by atoms with Crippen molar-refractivity contribution >= 4 is 17.4 Å². The van der Waals surface area contributed by atoms with Gasteiger partial charge in [0.25, 0.3) is 0 Å². The summed E-state index contributed by atoms with van der Waals surface area (Å²) < 4.78 is 1.83. The summed E-state index contributed by atoms with van der Waals surface area (Å²) in [6.45, 7) is 4.20. The van der Waals surface area contributed by atoms with E-state index in [-0.39, 0.29) is 11.9 Å². The number of carbonyl (C=O) groups excluding carboxylic acids is 1. The summed E-state index contributed by atoms with van der Waals surface area (Å²) in [5.41, 5.74) is 1.85. The molecule has 0 saturated heterocycles. The summed E-state index contributed by atoms with van der Waals surface area (Å²) >= 11 is 0. The average Bonchev–Trinajstić information content (AvgIpc) is 2.50. The zero-order valence-electron chi connectivity index (χ0n) is 10.7. The third-order valence-electron chi connectivity index (χ3n) is 3.14. The second-order valence-electron chi connectivity index (χ2n) is 4.55. The second kappa shape index (κ2) is 4.77. The molecule has 17 heavy (non-hydrogen) atoms. The highest BCUT2D eigenvalue weighted by Gasteiger charge is 2.25. The van der Waals surface area contributed by atoms with Gasteiger partial charge in [-0.15, -0.1) is 0 Å². The molecule has 0 spiro atoms. The number of fused-ring (bicyclic) bond motifs is 1. The number of carbonyl (C=O) groups is 1. The maximum atomic E-state index is 11.8. The molecule has 5 heteroatoms. The minimum atomic E-state index is 0.0773. The fraction of sp³-hybridized carbons (Fsp3) is 0.667. The molecule has 1 aliphatic rings. The largest absolute Gasteiger partial charge is 0.365 e. The van der Waals surface area contributed by atoms with Crippen LogP contribution in [0.4, 0.5) is 11.5 Å². The Morgan fingerprint density at radius 3 is 2.88 bits per heavy atom.